The molecular formula is C17H15ClN4O2. The molecule has 3 aromatic rings. The molecule has 0 fully saturated rings. The van der Waals surface area contributed by atoms with Gasteiger partial charge < -0.3 is 14.8 Å². The van der Waals surface area contributed by atoms with Gasteiger partial charge in [-0.2, -0.15) is 4.98 Å². The molecule has 0 unspecified atom stereocenters. The van der Waals surface area contributed by atoms with Crippen LogP contribution in [0.2, 0.25) is 5.02 Å². The number of hydrogen-bond acceptors (Lipinski definition) is 6. The number of pyridine rings is 1. The summed E-state index contributed by atoms with van der Waals surface area (Å²) in [6.45, 7) is 0. The SMILES string of the molecule is COc1ccc(-c2ccnc(Nc3cccc(Cl)c3)n2)c(OC)n1. The zero-order chi connectivity index (χ0) is 16.9. The number of hydrogen-bond donors (Lipinski definition) is 1. The lowest BCUT2D eigenvalue weighted by atomic mass is 10.2. The third-order valence-electron chi connectivity index (χ3n) is 3.25. The number of halogens is 1. The smallest absolute Gasteiger partial charge is 0.227 e. The fourth-order valence-electron chi connectivity index (χ4n) is 2.15. The van der Waals surface area contributed by atoms with E-state index in [0.29, 0.717) is 28.4 Å². The number of nitrogens with one attached hydrogen (secondary N) is 1. The summed E-state index contributed by atoms with van der Waals surface area (Å²) in [6, 6.07) is 12.7. The van der Waals surface area contributed by atoms with Gasteiger partial charge in [0.05, 0.1) is 25.5 Å². The van der Waals surface area contributed by atoms with E-state index in [4.69, 9.17) is 21.1 Å². The Kier molecular flexibility index (Phi) is 4.77. The number of benzene rings is 1. The van der Waals surface area contributed by atoms with Gasteiger partial charge in [-0.15, -0.1) is 0 Å². The van der Waals surface area contributed by atoms with Crippen molar-refractivity contribution in [3.05, 3.63) is 53.7 Å². The van der Waals surface area contributed by atoms with Crippen molar-refractivity contribution in [1.29, 1.82) is 0 Å². The maximum Gasteiger partial charge on any atom is 0.227 e. The predicted octanol–water partition coefficient (Wildman–Crippen LogP) is 3.95. The topological polar surface area (TPSA) is 69.2 Å². The molecule has 0 saturated heterocycles. The lowest BCUT2D eigenvalue weighted by Gasteiger charge is -2.10. The molecule has 0 bridgehead atoms. The molecular weight excluding hydrogens is 328 g/mol. The lowest BCUT2D eigenvalue weighted by Crippen LogP contribution is -2.00. The van der Waals surface area contributed by atoms with Gasteiger partial charge in [-0.05, 0) is 30.3 Å². The molecule has 0 spiro atoms. The van der Waals surface area contributed by atoms with Gasteiger partial charge in [-0.3, -0.25) is 0 Å². The van der Waals surface area contributed by atoms with Gasteiger partial charge in [-0.25, -0.2) is 9.97 Å². The summed E-state index contributed by atoms with van der Waals surface area (Å²) in [4.78, 5) is 13.0. The van der Waals surface area contributed by atoms with E-state index >= 15 is 0 Å². The molecule has 0 saturated carbocycles. The maximum atomic E-state index is 5.99. The lowest BCUT2D eigenvalue weighted by molar-refractivity contribution is 0.366. The van der Waals surface area contributed by atoms with Gasteiger partial charge in [0.15, 0.2) is 0 Å². The Morgan fingerprint density at radius 3 is 2.62 bits per heavy atom. The Balaban J connectivity index is 1.93. The summed E-state index contributed by atoms with van der Waals surface area (Å²) >= 11 is 5.99. The second kappa shape index (κ2) is 7.14. The molecule has 122 valence electrons. The Bertz CT molecular complexity index is 857. The predicted molar refractivity (Wildman–Crippen MR) is 93.1 cm³/mol. The number of nitrogens with zero attached hydrogens (tertiary/aromatic N) is 3. The van der Waals surface area contributed by atoms with E-state index in [1.807, 2.05) is 18.2 Å². The second-order valence-electron chi connectivity index (χ2n) is 4.81. The highest BCUT2D eigenvalue weighted by Gasteiger charge is 2.11. The minimum absolute atomic E-state index is 0.432. The van der Waals surface area contributed by atoms with Crippen molar-refractivity contribution in [2.75, 3.05) is 19.5 Å². The molecule has 0 aliphatic heterocycles. The van der Waals surface area contributed by atoms with Crippen LogP contribution in [0.4, 0.5) is 11.6 Å². The summed E-state index contributed by atoms with van der Waals surface area (Å²) < 4.78 is 10.4. The molecule has 2 aromatic heterocycles. The van der Waals surface area contributed by atoms with Gasteiger partial charge in [0.1, 0.15) is 0 Å². The molecule has 2 heterocycles. The molecule has 3 rings (SSSR count). The van der Waals surface area contributed by atoms with E-state index in [-0.39, 0.29) is 0 Å². The van der Waals surface area contributed by atoms with Crippen molar-refractivity contribution in [1.82, 2.24) is 15.0 Å². The van der Waals surface area contributed by atoms with Crippen LogP contribution >= 0.6 is 11.6 Å². The number of aromatic nitrogens is 3. The van der Waals surface area contributed by atoms with E-state index in [2.05, 4.69) is 20.3 Å². The fraction of sp³-hybridized carbons (Fsp3) is 0.118. The minimum atomic E-state index is 0.432. The number of anilines is 2. The molecule has 0 radical (unpaired) electrons. The summed E-state index contributed by atoms with van der Waals surface area (Å²) in [5.74, 6) is 1.36. The van der Waals surface area contributed by atoms with Crippen LogP contribution in [0.3, 0.4) is 0 Å². The second-order valence-corrected chi connectivity index (χ2v) is 5.25. The van der Waals surface area contributed by atoms with Crippen LogP contribution in [-0.4, -0.2) is 29.2 Å². The summed E-state index contributed by atoms with van der Waals surface area (Å²) in [5, 5.41) is 3.76. The quantitative estimate of drug-likeness (QED) is 0.757. The van der Waals surface area contributed by atoms with Gasteiger partial charge >= 0.3 is 0 Å². The van der Waals surface area contributed by atoms with Crippen LogP contribution in [-0.2, 0) is 0 Å². The summed E-state index contributed by atoms with van der Waals surface area (Å²) in [7, 11) is 3.11. The van der Waals surface area contributed by atoms with Crippen molar-refractivity contribution in [2.45, 2.75) is 0 Å². The van der Waals surface area contributed by atoms with Crippen LogP contribution in [0.25, 0.3) is 11.3 Å². The molecule has 0 aliphatic rings. The van der Waals surface area contributed by atoms with E-state index in [0.717, 1.165) is 11.3 Å². The van der Waals surface area contributed by atoms with Crippen molar-refractivity contribution >= 4 is 23.2 Å². The first-order valence-electron chi connectivity index (χ1n) is 7.14. The van der Waals surface area contributed by atoms with E-state index in [1.54, 1.807) is 44.7 Å². The largest absolute Gasteiger partial charge is 0.481 e. The van der Waals surface area contributed by atoms with Crippen molar-refractivity contribution in [3.8, 4) is 23.0 Å². The van der Waals surface area contributed by atoms with E-state index in [1.165, 1.54) is 0 Å². The number of rotatable bonds is 5. The molecule has 24 heavy (non-hydrogen) atoms. The van der Waals surface area contributed by atoms with Crippen LogP contribution in [0.5, 0.6) is 11.8 Å². The minimum Gasteiger partial charge on any atom is -0.481 e. The van der Waals surface area contributed by atoms with Gasteiger partial charge in [-0.1, -0.05) is 17.7 Å². The average Bonchev–Trinajstić information content (AvgIpc) is 2.61. The van der Waals surface area contributed by atoms with Gasteiger partial charge in [0, 0.05) is 23.0 Å². The van der Waals surface area contributed by atoms with E-state index in [9.17, 15) is 0 Å². The van der Waals surface area contributed by atoms with Crippen LogP contribution in [0, 0.1) is 0 Å². The van der Waals surface area contributed by atoms with Crippen LogP contribution in [0.15, 0.2) is 48.7 Å². The first kappa shape index (κ1) is 16.0. The molecule has 6 nitrogen and oxygen atoms in total. The average molecular weight is 343 g/mol. The number of methoxy groups -OCH3 is 2. The standard InChI is InChI=1S/C17H15ClN4O2/c1-23-15-7-6-13(16(22-15)24-2)14-8-9-19-17(21-14)20-12-5-3-4-11(18)10-12/h3-10H,1-2H3,(H,19,20,21). The molecule has 1 N–H and O–H groups in total. The van der Waals surface area contributed by atoms with Crippen molar-refractivity contribution in [2.24, 2.45) is 0 Å². The normalized spacial score (nSPS) is 10.3. The highest BCUT2D eigenvalue weighted by molar-refractivity contribution is 6.30. The third kappa shape index (κ3) is 3.55. The zero-order valence-corrected chi connectivity index (χ0v) is 13.9. The Hall–Kier alpha value is -2.86. The monoisotopic (exact) mass is 342 g/mol. The number of ether oxygens (including phenoxy) is 2. The Morgan fingerprint density at radius 2 is 1.88 bits per heavy atom. The van der Waals surface area contributed by atoms with Crippen LogP contribution < -0.4 is 14.8 Å². The third-order valence-corrected chi connectivity index (χ3v) is 3.48. The summed E-state index contributed by atoms with van der Waals surface area (Å²) in [5.41, 5.74) is 2.23. The molecule has 0 amide bonds. The first-order chi connectivity index (χ1) is 11.7. The van der Waals surface area contributed by atoms with Crippen LogP contribution in [0.1, 0.15) is 0 Å². The van der Waals surface area contributed by atoms with Gasteiger partial charge in [0.2, 0.25) is 17.7 Å². The van der Waals surface area contributed by atoms with Gasteiger partial charge in [0.25, 0.3) is 0 Å². The molecule has 7 heteroatoms. The Labute approximate surface area is 144 Å². The highest BCUT2D eigenvalue weighted by Crippen LogP contribution is 2.29. The van der Waals surface area contributed by atoms with Crippen molar-refractivity contribution in [3.63, 3.8) is 0 Å². The first-order valence-corrected chi connectivity index (χ1v) is 7.52. The fourth-order valence-corrected chi connectivity index (χ4v) is 2.34. The highest BCUT2D eigenvalue weighted by atomic mass is 35.5. The Morgan fingerprint density at radius 1 is 1.00 bits per heavy atom. The summed E-state index contributed by atoms with van der Waals surface area (Å²) in [6.07, 6.45) is 1.67. The maximum absolute atomic E-state index is 5.99. The zero-order valence-electron chi connectivity index (χ0n) is 13.2. The molecule has 0 aliphatic carbocycles. The molecule has 1 aromatic carbocycles. The van der Waals surface area contributed by atoms with E-state index < -0.39 is 0 Å². The van der Waals surface area contributed by atoms with Crippen molar-refractivity contribution < 1.29 is 9.47 Å². The molecule has 0 atom stereocenters.